The number of benzene rings is 2. The molecule has 0 radical (unpaired) electrons. The molecule has 26 heavy (non-hydrogen) atoms. The molecule has 0 bridgehead atoms. The number of hydrogen-bond donors (Lipinski definition) is 1. The van der Waals surface area contributed by atoms with Gasteiger partial charge in [-0.1, -0.05) is 60.7 Å². The fourth-order valence-corrected chi connectivity index (χ4v) is 5.48. The third-order valence-electron chi connectivity index (χ3n) is 7.10. The third kappa shape index (κ3) is 3.58. The number of nitrogens with two attached hydrogens (primary N) is 1. The summed E-state index contributed by atoms with van der Waals surface area (Å²) in [6.45, 7) is 4.82. The normalized spacial score (nSPS) is 26.7. The lowest BCUT2D eigenvalue weighted by atomic mass is 9.80. The van der Waals surface area contributed by atoms with Crippen molar-refractivity contribution in [1.82, 2.24) is 0 Å². The van der Waals surface area contributed by atoms with Gasteiger partial charge in [0, 0.05) is 25.7 Å². The molecular weight excluding hydrogens is 316 g/mol. The fraction of sp³-hybridized carbons (Fsp3) is 0.500. The minimum Gasteiger partial charge on any atom is -0.330 e. The summed E-state index contributed by atoms with van der Waals surface area (Å²) in [5.74, 6) is 0.747. The van der Waals surface area contributed by atoms with E-state index >= 15 is 0 Å². The highest BCUT2D eigenvalue weighted by Gasteiger charge is 2.68. The molecule has 1 aliphatic heterocycles. The first-order chi connectivity index (χ1) is 12.8. The van der Waals surface area contributed by atoms with Crippen molar-refractivity contribution in [3.8, 4) is 0 Å². The number of nitrogens with zero attached hydrogens (tertiary/aromatic N) is 1. The lowest BCUT2D eigenvalue weighted by Crippen LogP contribution is -2.43. The van der Waals surface area contributed by atoms with Gasteiger partial charge in [0.1, 0.15) is 12.1 Å². The summed E-state index contributed by atoms with van der Waals surface area (Å²) in [6, 6.07) is 22.1. The largest absolute Gasteiger partial charge is 0.330 e. The topological polar surface area (TPSA) is 26.0 Å². The molecule has 1 spiro atoms. The molecule has 1 saturated heterocycles. The lowest BCUT2D eigenvalue weighted by molar-refractivity contribution is -0.831. The molecule has 2 aromatic rings. The second kappa shape index (κ2) is 7.54. The minimum absolute atomic E-state index is 0.534. The minimum atomic E-state index is 0.534. The zero-order valence-corrected chi connectivity index (χ0v) is 15.9. The van der Waals surface area contributed by atoms with Crippen LogP contribution in [0.25, 0.3) is 0 Å². The summed E-state index contributed by atoms with van der Waals surface area (Å²) in [6.07, 6.45) is 7.88. The first-order valence-corrected chi connectivity index (χ1v) is 10.4. The van der Waals surface area contributed by atoms with Crippen molar-refractivity contribution in [3.05, 3.63) is 71.8 Å². The molecule has 1 aliphatic carbocycles. The molecule has 138 valence electrons. The van der Waals surface area contributed by atoms with Gasteiger partial charge >= 0.3 is 0 Å². The highest BCUT2D eigenvalue weighted by molar-refractivity contribution is 5.16. The smallest absolute Gasteiger partial charge is 0.149 e. The molecule has 2 heteroatoms. The third-order valence-corrected chi connectivity index (χ3v) is 7.10. The van der Waals surface area contributed by atoms with Gasteiger partial charge in [0.15, 0.2) is 0 Å². The van der Waals surface area contributed by atoms with E-state index in [0.29, 0.717) is 5.54 Å². The number of rotatable bonds is 7. The van der Waals surface area contributed by atoms with Gasteiger partial charge in [-0.15, -0.1) is 0 Å². The summed E-state index contributed by atoms with van der Waals surface area (Å²) in [5, 5.41) is 0. The van der Waals surface area contributed by atoms with E-state index in [4.69, 9.17) is 5.73 Å². The molecule has 2 aliphatic rings. The van der Waals surface area contributed by atoms with Gasteiger partial charge in [-0.05, 0) is 36.4 Å². The highest BCUT2D eigenvalue weighted by Crippen LogP contribution is 2.53. The van der Waals surface area contributed by atoms with E-state index in [9.17, 15) is 0 Å². The van der Waals surface area contributed by atoms with Crippen LogP contribution in [0.2, 0.25) is 0 Å². The van der Waals surface area contributed by atoms with Crippen LogP contribution in [0.5, 0.6) is 0 Å². The van der Waals surface area contributed by atoms with E-state index in [0.717, 1.165) is 12.5 Å². The fourth-order valence-electron chi connectivity index (χ4n) is 5.48. The van der Waals surface area contributed by atoms with Gasteiger partial charge in [0.05, 0.1) is 13.1 Å². The SMILES string of the molecule is NCC1CCCC2(C1)C[N+]2(CCc1ccccc1)CCc1ccccc1. The second-order valence-electron chi connectivity index (χ2n) is 8.64. The van der Waals surface area contributed by atoms with Gasteiger partial charge < -0.3 is 10.2 Å². The van der Waals surface area contributed by atoms with Gasteiger partial charge in [0.2, 0.25) is 0 Å². The average Bonchev–Trinajstić information content (AvgIpc) is 3.31. The van der Waals surface area contributed by atoms with E-state index in [1.807, 2.05) is 0 Å². The Balaban J connectivity index is 1.48. The van der Waals surface area contributed by atoms with Crippen LogP contribution in [0.4, 0.5) is 0 Å². The Labute approximate surface area is 158 Å². The predicted octanol–water partition coefficient (Wildman–Crippen LogP) is 4.19. The maximum absolute atomic E-state index is 6.06. The van der Waals surface area contributed by atoms with Gasteiger partial charge in [-0.3, -0.25) is 0 Å². The zero-order chi connectivity index (χ0) is 17.9. The van der Waals surface area contributed by atoms with Gasteiger partial charge in [-0.2, -0.15) is 0 Å². The molecule has 2 N–H and O–H groups in total. The van der Waals surface area contributed by atoms with Crippen molar-refractivity contribution in [1.29, 1.82) is 0 Å². The van der Waals surface area contributed by atoms with Crippen LogP contribution in [-0.4, -0.2) is 36.2 Å². The summed E-state index contributed by atoms with van der Waals surface area (Å²) >= 11 is 0. The maximum Gasteiger partial charge on any atom is 0.149 e. The Hall–Kier alpha value is -1.64. The van der Waals surface area contributed by atoms with Crippen molar-refractivity contribution < 1.29 is 4.48 Å². The maximum atomic E-state index is 6.06. The van der Waals surface area contributed by atoms with Crippen LogP contribution in [0, 0.1) is 5.92 Å². The zero-order valence-electron chi connectivity index (χ0n) is 15.9. The number of quaternary nitrogens is 1. The van der Waals surface area contributed by atoms with E-state index in [1.165, 1.54) is 73.8 Å². The molecule has 2 atom stereocenters. The Kier molecular flexibility index (Phi) is 5.15. The Bertz CT molecular complexity index is 653. The van der Waals surface area contributed by atoms with Crippen LogP contribution in [0.1, 0.15) is 36.8 Å². The van der Waals surface area contributed by atoms with Crippen LogP contribution in [0.3, 0.4) is 0 Å². The van der Waals surface area contributed by atoms with E-state index in [1.54, 1.807) is 0 Å². The summed E-state index contributed by atoms with van der Waals surface area (Å²) in [7, 11) is 0. The Morgan fingerprint density at radius 2 is 1.46 bits per heavy atom. The van der Waals surface area contributed by atoms with Crippen LogP contribution >= 0.6 is 0 Å². The predicted molar refractivity (Wildman–Crippen MR) is 109 cm³/mol. The highest BCUT2D eigenvalue weighted by atomic mass is 15.5. The first kappa shape index (κ1) is 17.8. The molecule has 2 aromatic carbocycles. The lowest BCUT2D eigenvalue weighted by Gasteiger charge is -2.33. The average molecular weight is 350 g/mol. The van der Waals surface area contributed by atoms with Crippen molar-refractivity contribution in [2.75, 3.05) is 26.2 Å². The quantitative estimate of drug-likeness (QED) is 0.589. The molecule has 2 nitrogen and oxygen atoms in total. The van der Waals surface area contributed by atoms with E-state index < -0.39 is 0 Å². The first-order valence-electron chi connectivity index (χ1n) is 10.4. The molecule has 2 fully saturated rings. The summed E-state index contributed by atoms with van der Waals surface area (Å²) < 4.78 is 1.33. The van der Waals surface area contributed by atoms with Crippen LogP contribution in [0.15, 0.2) is 60.7 Å². The summed E-state index contributed by atoms with van der Waals surface area (Å²) in [4.78, 5) is 0. The molecule has 0 aromatic heterocycles. The van der Waals surface area contributed by atoms with Crippen molar-refractivity contribution in [2.45, 2.75) is 44.1 Å². The Morgan fingerprint density at radius 3 is 2.00 bits per heavy atom. The monoisotopic (exact) mass is 349 g/mol. The standard InChI is InChI=1S/C24H33N2/c25-19-23-12-7-15-24(18-23)20-26(24,16-13-21-8-3-1-4-9-21)17-14-22-10-5-2-6-11-22/h1-6,8-11,23H,7,12-20,25H2/q+1. The van der Waals surface area contributed by atoms with E-state index in [2.05, 4.69) is 60.7 Å². The molecule has 4 rings (SSSR count). The Morgan fingerprint density at radius 1 is 0.885 bits per heavy atom. The van der Waals surface area contributed by atoms with Crippen molar-refractivity contribution >= 4 is 0 Å². The molecule has 0 amide bonds. The van der Waals surface area contributed by atoms with Crippen LogP contribution in [-0.2, 0) is 12.8 Å². The van der Waals surface area contributed by atoms with E-state index in [-0.39, 0.29) is 0 Å². The van der Waals surface area contributed by atoms with Crippen molar-refractivity contribution in [3.63, 3.8) is 0 Å². The summed E-state index contributed by atoms with van der Waals surface area (Å²) in [5.41, 5.74) is 9.57. The van der Waals surface area contributed by atoms with Gasteiger partial charge in [0.25, 0.3) is 0 Å². The van der Waals surface area contributed by atoms with Crippen LogP contribution < -0.4 is 5.73 Å². The van der Waals surface area contributed by atoms with Gasteiger partial charge in [-0.25, -0.2) is 0 Å². The molecule has 2 unspecified atom stereocenters. The molecular formula is C24H33N2+. The number of hydrogen-bond acceptors (Lipinski definition) is 1. The second-order valence-corrected chi connectivity index (χ2v) is 8.64. The molecule has 1 heterocycles. The molecule has 1 saturated carbocycles. The van der Waals surface area contributed by atoms with Crippen molar-refractivity contribution in [2.24, 2.45) is 11.7 Å².